The minimum atomic E-state index is 0.433. The molecule has 0 fully saturated rings. The highest BCUT2D eigenvalue weighted by atomic mass is 32.1. The van der Waals surface area contributed by atoms with Gasteiger partial charge in [0.05, 0.1) is 16.8 Å². The third kappa shape index (κ3) is 3.23. The van der Waals surface area contributed by atoms with Crippen molar-refractivity contribution < 1.29 is 4.42 Å². The standard InChI is InChI=1S/C17H18N2OS/c1-12(2)18-11-14-16(13-7-4-3-5-8-13)21-17(19-14)15-9-6-10-20-15/h3-10,12,18H,11H2,1-2H3. The van der Waals surface area contributed by atoms with Gasteiger partial charge in [-0.2, -0.15) is 0 Å². The first-order chi connectivity index (χ1) is 10.2. The van der Waals surface area contributed by atoms with Gasteiger partial charge in [-0.25, -0.2) is 4.98 Å². The highest BCUT2D eigenvalue weighted by Gasteiger charge is 2.15. The first-order valence-corrected chi connectivity index (χ1v) is 7.88. The molecule has 1 aromatic carbocycles. The quantitative estimate of drug-likeness (QED) is 0.750. The van der Waals surface area contributed by atoms with E-state index in [1.54, 1.807) is 17.6 Å². The van der Waals surface area contributed by atoms with Gasteiger partial charge < -0.3 is 9.73 Å². The first kappa shape index (κ1) is 14.0. The Bertz CT molecular complexity index is 687. The van der Waals surface area contributed by atoms with Crippen LogP contribution in [-0.4, -0.2) is 11.0 Å². The van der Waals surface area contributed by atoms with E-state index in [0.717, 1.165) is 23.0 Å². The van der Waals surface area contributed by atoms with Gasteiger partial charge in [-0.3, -0.25) is 0 Å². The van der Waals surface area contributed by atoms with E-state index < -0.39 is 0 Å². The summed E-state index contributed by atoms with van der Waals surface area (Å²) in [5.74, 6) is 0.827. The van der Waals surface area contributed by atoms with Crippen LogP contribution in [0, 0.1) is 0 Å². The Kier molecular flexibility index (Phi) is 4.18. The van der Waals surface area contributed by atoms with Gasteiger partial charge in [0.2, 0.25) is 0 Å². The summed E-state index contributed by atoms with van der Waals surface area (Å²) in [5, 5.41) is 4.37. The SMILES string of the molecule is CC(C)NCc1nc(-c2ccco2)sc1-c1ccccc1. The van der Waals surface area contributed by atoms with Crippen LogP contribution in [0.2, 0.25) is 0 Å². The normalized spacial score (nSPS) is 11.2. The van der Waals surface area contributed by atoms with Crippen LogP contribution in [-0.2, 0) is 6.54 Å². The van der Waals surface area contributed by atoms with Gasteiger partial charge in [0.1, 0.15) is 0 Å². The summed E-state index contributed by atoms with van der Waals surface area (Å²) in [4.78, 5) is 5.97. The Balaban J connectivity index is 2.00. The molecule has 2 aromatic heterocycles. The second-order valence-electron chi connectivity index (χ2n) is 5.17. The Morgan fingerprint density at radius 1 is 1.14 bits per heavy atom. The van der Waals surface area contributed by atoms with Crippen molar-refractivity contribution in [2.24, 2.45) is 0 Å². The summed E-state index contributed by atoms with van der Waals surface area (Å²) in [7, 11) is 0. The van der Waals surface area contributed by atoms with Gasteiger partial charge >= 0.3 is 0 Å². The van der Waals surface area contributed by atoms with Crippen LogP contribution in [0.3, 0.4) is 0 Å². The molecule has 0 saturated carbocycles. The smallest absolute Gasteiger partial charge is 0.162 e. The molecule has 0 radical (unpaired) electrons. The monoisotopic (exact) mass is 298 g/mol. The fraction of sp³-hybridized carbons (Fsp3) is 0.235. The Morgan fingerprint density at radius 3 is 2.62 bits per heavy atom. The van der Waals surface area contributed by atoms with Crippen molar-refractivity contribution >= 4 is 11.3 Å². The number of furan rings is 1. The predicted octanol–water partition coefficient (Wildman–Crippen LogP) is 4.57. The average Bonchev–Trinajstić information content (AvgIpc) is 3.15. The highest BCUT2D eigenvalue weighted by molar-refractivity contribution is 7.18. The van der Waals surface area contributed by atoms with Crippen LogP contribution < -0.4 is 5.32 Å². The maximum Gasteiger partial charge on any atom is 0.162 e. The van der Waals surface area contributed by atoms with E-state index in [1.807, 2.05) is 18.2 Å². The van der Waals surface area contributed by atoms with Gasteiger partial charge in [0.15, 0.2) is 10.8 Å². The van der Waals surface area contributed by atoms with E-state index in [2.05, 4.69) is 43.4 Å². The largest absolute Gasteiger partial charge is 0.462 e. The van der Waals surface area contributed by atoms with Crippen molar-refractivity contribution in [3.8, 4) is 21.2 Å². The Labute approximate surface area is 128 Å². The minimum Gasteiger partial charge on any atom is -0.462 e. The number of hydrogen-bond donors (Lipinski definition) is 1. The molecule has 0 saturated heterocycles. The third-order valence-corrected chi connectivity index (χ3v) is 4.30. The lowest BCUT2D eigenvalue weighted by molar-refractivity contribution is 0.576. The summed E-state index contributed by atoms with van der Waals surface area (Å²) in [6.07, 6.45) is 1.69. The van der Waals surface area contributed by atoms with Crippen LogP contribution in [0.1, 0.15) is 19.5 Å². The lowest BCUT2D eigenvalue weighted by Gasteiger charge is -2.07. The molecule has 0 aliphatic carbocycles. The number of aromatic nitrogens is 1. The van der Waals surface area contributed by atoms with Gasteiger partial charge in [-0.05, 0) is 17.7 Å². The number of rotatable bonds is 5. The molecule has 3 aromatic rings. The van der Waals surface area contributed by atoms with Gasteiger partial charge in [-0.1, -0.05) is 44.2 Å². The van der Waals surface area contributed by atoms with E-state index in [0.29, 0.717) is 6.04 Å². The van der Waals surface area contributed by atoms with E-state index in [1.165, 1.54) is 10.4 Å². The summed E-state index contributed by atoms with van der Waals surface area (Å²) in [6, 6.07) is 14.7. The van der Waals surface area contributed by atoms with Crippen molar-refractivity contribution in [2.75, 3.05) is 0 Å². The number of nitrogens with one attached hydrogen (secondary N) is 1. The molecule has 21 heavy (non-hydrogen) atoms. The Morgan fingerprint density at radius 2 is 1.95 bits per heavy atom. The fourth-order valence-corrected chi connectivity index (χ4v) is 3.15. The van der Waals surface area contributed by atoms with Crippen LogP contribution in [0.5, 0.6) is 0 Å². The van der Waals surface area contributed by atoms with Crippen molar-refractivity contribution in [2.45, 2.75) is 26.4 Å². The molecule has 0 aliphatic rings. The van der Waals surface area contributed by atoms with Crippen molar-refractivity contribution in [1.29, 1.82) is 0 Å². The van der Waals surface area contributed by atoms with Crippen molar-refractivity contribution in [3.05, 3.63) is 54.4 Å². The minimum absolute atomic E-state index is 0.433. The molecular formula is C17H18N2OS. The number of thiazole rings is 1. The number of nitrogens with zero attached hydrogens (tertiary/aromatic N) is 1. The van der Waals surface area contributed by atoms with Crippen LogP contribution in [0.4, 0.5) is 0 Å². The Hall–Kier alpha value is -1.91. The summed E-state index contributed by atoms with van der Waals surface area (Å²) >= 11 is 1.68. The molecule has 4 heteroatoms. The van der Waals surface area contributed by atoms with E-state index >= 15 is 0 Å². The zero-order valence-corrected chi connectivity index (χ0v) is 13.0. The number of benzene rings is 1. The molecule has 0 bridgehead atoms. The van der Waals surface area contributed by atoms with Crippen LogP contribution in [0.15, 0.2) is 53.1 Å². The molecule has 108 valence electrons. The molecular weight excluding hydrogens is 280 g/mol. The van der Waals surface area contributed by atoms with Gasteiger partial charge in [0.25, 0.3) is 0 Å². The molecule has 3 nitrogen and oxygen atoms in total. The summed E-state index contributed by atoms with van der Waals surface area (Å²) in [6.45, 7) is 5.04. The molecule has 1 N–H and O–H groups in total. The zero-order chi connectivity index (χ0) is 14.7. The van der Waals surface area contributed by atoms with E-state index in [9.17, 15) is 0 Å². The maximum absolute atomic E-state index is 5.48. The zero-order valence-electron chi connectivity index (χ0n) is 12.2. The molecule has 2 heterocycles. The molecule has 0 amide bonds. The molecule has 0 unspecified atom stereocenters. The average molecular weight is 298 g/mol. The predicted molar refractivity (Wildman–Crippen MR) is 87.2 cm³/mol. The van der Waals surface area contributed by atoms with Crippen molar-refractivity contribution in [3.63, 3.8) is 0 Å². The number of hydrogen-bond acceptors (Lipinski definition) is 4. The molecule has 3 rings (SSSR count). The van der Waals surface area contributed by atoms with Crippen LogP contribution in [0.25, 0.3) is 21.2 Å². The fourth-order valence-electron chi connectivity index (χ4n) is 2.09. The first-order valence-electron chi connectivity index (χ1n) is 7.06. The summed E-state index contributed by atoms with van der Waals surface area (Å²) in [5.41, 5.74) is 2.28. The lowest BCUT2D eigenvalue weighted by Crippen LogP contribution is -2.22. The second-order valence-corrected chi connectivity index (χ2v) is 6.17. The van der Waals surface area contributed by atoms with Crippen LogP contribution >= 0.6 is 11.3 Å². The third-order valence-electron chi connectivity index (χ3n) is 3.14. The molecule has 0 spiro atoms. The highest BCUT2D eigenvalue weighted by Crippen LogP contribution is 2.35. The second kappa shape index (κ2) is 6.24. The van der Waals surface area contributed by atoms with Gasteiger partial charge in [0, 0.05) is 12.6 Å². The molecule has 0 aliphatic heterocycles. The van der Waals surface area contributed by atoms with E-state index in [4.69, 9.17) is 9.40 Å². The lowest BCUT2D eigenvalue weighted by atomic mass is 10.1. The van der Waals surface area contributed by atoms with E-state index in [-0.39, 0.29) is 0 Å². The van der Waals surface area contributed by atoms with Crippen molar-refractivity contribution in [1.82, 2.24) is 10.3 Å². The maximum atomic E-state index is 5.48. The molecule has 0 atom stereocenters. The summed E-state index contributed by atoms with van der Waals surface area (Å²) < 4.78 is 5.48. The topological polar surface area (TPSA) is 38.1 Å². The van der Waals surface area contributed by atoms with Gasteiger partial charge in [-0.15, -0.1) is 11.3 Å².